The molecule has 1 aliphatic heterocycles. The fourth-order valence-electron chi connectivity index (χ4n) is 1.28. The molecule has 6 nitrogen and oxygen atoms in total. The molecule has 1 rings (SSSR count). The van der Waals surface area contributed by atoms with E-state index < -0.39 is 24.1 Å². The van der Waals surface area contributed by atoms with Crippen LogP contribution in [0, 0.1) is 5.92 Å². The molecular weight excluding hydrogens is 204 g/mol. The van der Waals surface area contributed by atoms with Crippen LogP contribution < -0.4 is 0 Å². The highest BCUT2D eigenvalue weighted by Gasteiger charge is 2.32. The van der Waals surface area contributed by atoms with Crippen molar-refractivity contribution in [2.75, 3.05) is 19.8 Å². The Labute approximate surface area is 87.1 Å². The van der Waals surface area contributed by atoms with Crippen LogP contribution in [0.1, 0.15) is 13.3 Å². The van der Waals surface area contributed by atoms with Gasteiger partial charge in [-0.05, 0) is 6.92 Å². The van der Waals surface area contributed by atoms with Gasteiger partial charge in [0.2, 0.25) is 0 Å². The minimum atomic E-state index is -1.22. The van der Waals surface area contributed by atoms with Crippen molar-refractivity contribution >= 4 is 11.9 Å². The first kappa shape index (κ1) is 11.9. The summed E-state index contributed by atoms with van der Waals surface area (Å²) in [5, 5.41) is 8.82. The Hall–Kier alpha value is -1.14. The quantitative estimate of drug-likeness (QED) is 0.517. The van der Waals surface area contributed by atoms with Gasteiger partial charge < -0.3 is 19.3 Å². The van der Waals surface area contributed by atoms with Gasteiger partial charge in [0.15, 0.2) is 12.2 Å². The van der Waals surface area contributed by atoms with Crippen molar-refractivity contribution in [3.05, 3.63) is 0 Å². The predicted octanol–water partition coefficient (Wildman–Crippen LogP) is 0.0133. The van der Waals surface area contributed by atoms with Crippen LogP contribution in [0.4, 0.5) is 0 Å². The van der Waals surface area contributed by atoms with E-state index in [0.29, 0.717) is 13.2 Å². The van der Waals surface area contributed by atoms with Crippen LogP contribution in [0.3, 0.4) is 0 Å². The number of carbonyl (C=O) groups is 2. The number of esters is 1. The fraction of sp³-hybridized carbons (Fsp3) is 0.778. The van der Waals surface area contributed by atoms with E-state index in [1.54, 1.807) is 6.92 Å². The molecule has 1 saturated heterocycles. The smallest absolute Gasteiger partial charge is 0.320 e. The molecule has 1 unspecified atom stereocenters. The zero-order chi connectivity index (χ0) is 11.3. The number of rotatable bonds is 5. The van der Waals surface area contributed by atoms with E-state index in [0.717, 1.165) is 0 Å². The molecular formula is C9H14O6. The maximum absolute atomic E-state index is 11.3. The first-order chi connectivity index (χ1) is 7.15. The van der Waals surface area contributed by atoms with Crippen LogP contribution in [-0.2, 0) is 23.8 Å². The number of aliphatic carboxylic acids is 1. The molecule has 0 spiro atoms. The third-order valence-corrected chi connectivity index (χ3v) is 1.99. The molecule has 0 radical (unpaired) electrons. The number of carboxylic acids is 1. The molecule has 0 bridgehead atoms. The molecule has 0 amide bonds. The molecule has 1 N–H and O–H groups in total. The number of ether oxygens (including phenoxy) is 3. The molecule has 1 fully saturated rings. The number of carboxylic acid groups (broad SMARTS) is 1. The molecule has 15 heavy (non-hydrogen) atoms. The Kier molecular flexibility index (Phi) is 4.51. The summed E-state index contributed by atoms with van der Waals surface area (Å²) in [5.41, 5.74) is 0. The van der Waals surface area contributed by atoms with Gasteiger partial charge in [-0.3, -0.25) is 9.59 Å². The lowest BCUT2D eigenvalue weighted by molar-refractivity contribution is -0.163. The summed E-state index contributed by atoms with van der Waals surface area (Å²) in [6.07, 6.45) is -0.621. The standard InChI is InChI=1S/C9H14O6/c1-2-13-9(12)6(8(10)11)5-7-14-3-4-15-7/h6-7H,2-5H2,1H3,(H,10,11). The topological polar surface area (TPSA) is 82.1 Å². The second-order valence-electron chi connectivity index (χ2n) is 3.05. The SMILES string of the molecule is CCOC(=O)C(CC1OCCO1)C(=O)O. The lowest BCUT2D eigenvalue weighted by Crippen LogP contribution is -2.30. The number of carbonyl (C=O) groups excluding carboxylic acids is 1. The summed E-state index contributed by atoms with van der Waals surface area (Å²) >= 11 is 0. The first-order valence-electron chi connectivity index (χ1n) is 4.77. The molecule has 0 aromatic heterocycles. The average Bonchev–Trinajstić information content (AvgIpc) is 2.66. The second kappa shape index (κ2) is 5.67. The molecule has 0 saturated carbocycles. The van der Waals surface area contributed by atoms with Crippen LogP contribution >= 0.6 is 0 Å². The summed E-state index contributed by atoms with van der Waals surface area (Å²) < 4.78 is 14.8. The van der Waals surface area contributed by atoms with Crippen LogP contribution in [0.2, 0.25) is 0 Å². The Morgan fingerprint density at radius 2 is 2.07 bits per heavy atom. The molecule has 0 aromatic rings. The van der Waals surface area contributed by atoms with E-state index in [-0.39, 0.29) is 13.0 Å². The Balaban J connectivity index is 2.49. The van der Waals surface area contributed by atoms with Gasteiger partial charge in [-0.1, -0.05) is 0 Å². The van der Waals surface area contributed by atoms with E-state index in [1.807, 2.05) is 0 Å². The first-order valence-corrected chi connectivity index (χ1v) is 4.77. The monoisotopic (exact) mass is 218 g/mol. The molecule has 86 valence electrons. The van der Waals surface area contributed by atoms with Crippen molar-refractivity contribution in [1.82, 2.24) is 0 Å². The van der Waals surface area contributed by atoms with E-state index in [4.69, 9.17) is 14.6 Å². The van der Waals surface area contributed by atoms with E-state index in [1.165, 1.54) is 0 Å². The van der Waals surface area contributed by atoms with Gasteiger partial charge in [0.25, 0.3) is 0 Å². The molecule has 1 aliphatic rings. The van der Waals surface area contributed by atoms with Gasteiger partial charge in [0.1, 0.15) is 0 Å². The molecule has 1 heterocycles. The third kappa shape index (κ3) is 3.49. The highest BCUT2D eigenvalue weighted by atomic mass is 16.7. The largest absolute Gasteiger partial charge is 0.481 e. The normalized spacial score (nSPS) is 18.7. The second-order valence-corrected chi connectivity index (χ2v) is 3.05. The summed E-state index contributed by atoms with van der Waals surface area (Å²) in [6.45, 7) is 2.65. The van der Waals surface area contributed by atoms with Crippen molar-refractivity contribution in [1.29, 1.82) is 0 Å². The summed E-state index contributed by atoms with van der Waals surface area (Å²) in [4.78, 5) is 22.0. The van der Waals surface area contributed by atoms with Gasteiger partial charge in [0, 0.05) is 6.42 Å². The zero-order valence-corrected chi connectivity index (χ0v) is 8.47. The summed E-state index contributed by atoms with van der Waals surface area (Å²) in [6, 6.07) is 0. The van der Waals surface area contributed by atoms with E-state index >= 15 is 0 Å². The van der Waals surface area contributed by atoms with Gasteiger partial charge >= 0.3 is 11.9 Å². The fourth-order valence-corrected chi connectivity index (χ4v) is 1.28. The average molecular weight is 218 g/mol. The lowest BCUT2D eigenvalue weighted by Gasteiger charge is -2.14. The maximum Gasteiger partial charge on any atom is 0.320 e. The molecule has 0 aliphatic carbocycles. The van der Waals surface area contributed by atoms with Crippen molar-refractivity contribution in [2.45, 2.75) is 19.6 Å². The van der Waals surface area contributed by atoms with Crippen molar-refractivity contribution in [2.24, 2.45) is 5.92 Å². The Bertz CT molecular complexity index is 233. The minimum absolute atomic E-state index is 0.00579. The minimum Gasteiger partial charge on any atom is -0.481 e. The van der Waals surface area contributed by atoms with Crippen molar-refractivity contribution in [3.8, 4) is 0 Å². The van der Waals surface area contributed by atoms with Gasteiger partial charge in [-0.2, -0.15) is 0 Å². The highest BCUT2D eigenvalue weighted by Crippen LogP contribution is 2.16. The van der Waals surface area contributed by atoms with Crippen molar-refractivity contribution in [3.63, 3.8) is 0 Å². The van der Waals surface area contributed by atoms with Gasteiger partial charge in [0.05, 0.1) is 19.8 Å². The van der Waals surface area contributed by atoms with Gasteiger partial charge in [-0.25, -0.2) is 0 Å². The maximum atomic E-state index is 11.3. The van der Waals surface area contributed by atoms with Gasteiger partial charge in [-0.15, -0.1) is 0 Å². The lowest BCUT2D eigenvalue weighted by atomic mass is 10.1. The Morgan fingerprint density at radius 3 is 2.53 bits per heavy atom. The van der Waals surface area contributed by atoms with Crippen molar-refractivity contribution < 1.29 is 28.9 Å². The third-order valence-electron chi connectivity index (χ3n) is 1.99. The van der Waals surface area contributed by atoms with Crippen LogP contribution in [0.15, 0.2) is 0 Å². The highest BCUT2D eigenvalue weighted by molar-refractivity contribution is 5.93. The van der Waals surface area contributed by atoms with Crippen LogP contribution in [0.25, 0.3) is 0 Å². The van der Waals surface area contributed by atoms with Crippen LogP contribution in [0.5, 0.6) is 0 Å². The van der Waals surface area contributed by atoms with E-state index in [2.05, 4.69) is 4.74 Å². The summed E-state index contributed by atoms with van der Waals surface area (Å²) in [7, 11) is 0. The molecule has 6 heteroatoms. The van der Waals surface area contributed by atoms with E-state index in [9.17, 15) is 9.59 Å². The molecule has 1 atom stereocenters. The van der Waals surface area contributed by atoms with Crippen LogP contribution in [-0.4, -0.2) is 43.2 Å². The predicted molar refractivity (Wildman–Crippen MR) is 48.1 cm³/mol. The number of hydrogen-bond donors (Lipinski definition) is 1. The summed E-state index contributed by atoms with van der Waals surface area (Å²) in [5.74, 6) is -3.18. The molecule has 0 aromatic carbocycles. The Morgan fingerprint density at radius 1 is 1.47 bits per heavy atom. The number of hydrogen-bond acceptors (Lipinski definition) is 5. The zero-order valence-electron chi connectivity index (χ0n) is 8.47.